The molecular formula is C7H16IN3O. The van der Waals surface area contributed by atoms with Crippen molar-refractivity contribution in [1.29, 1.82) is 0 Å². The van der Waals surface area contributed by atoms with Crippen molar-refractivity contribution in [3.05, 3.63) is 0 Å². The second kappa shape index (κ2) is 6.47. The molecule has 0 saturated heterocycles. The molecule has 1 aliphatic rings. The molecule has 1 heterocycles. The molecule has 1 atom stereocenters. The SMILES string of the molecule is CC[C@H](O)CNC1=NCCN1.I. The third-order valence-corrected chi connectivity index (χ3v) is 1.65. The lowest BCUT2D eigenvalue weighted by Gasteiger charge is -2.09. The fourth-order valence-corrected chi connectivity index (χ4v) is 0.875. The van der Waals surface area contributed by atoms with E-state index in [9.17, 15) is 5.11 Å². The third-order valence-electron chi connectivity index (χ3n) is 1.65. The Hall–Kier alpha value is -0.0400. The zero-order valence-corrected chi connectivity index (χ0v) is 9.54. The van der Waals surface area contributed by atoms with Crippen molar-refractivity contribution in [2.24, 2.45) is 4.99 Å². The van der Waals surface area contributed by atoms with Crippen molar-refractivity contribution >= 4 is 29.9 Å². The van der Waals surface area contributed by atoms with Crippen LogP contribution in [0.1, 0.15) is 13.3 Å². The van der Waals surface area contributed by atoms with E-state index in [0.29, 0.717) is 6.54 Å². The molecule has 0 saturated carbocycles. The summed E-state index contributed by atoms with van der Waals surface area (Å²) in [5, 5.41) is 15.3. The summed E-state index contributed by atoms with van der Waals surface area (Å²) in [6.07, 6.45) is 0.514. The Morgan fingerprint density at radius 2 is 2.50 bits per heavy atom. The number of hydrogen-bond acceptors (Lipinski definition) is 4. The van der Waals surface area contributed by atoms with Gasteiger partial charge in [0.25, 0.3) is 0 Å². The fourth-order valence-electron chi connectivity index (χ4n) is 0.875. The van der Waals surface area contributed by atoms with Gasteiger partial charge in [-0.25, -0.2) is 0 Å². The molecule has 0 fully saturated rings. The standard InChI is InChI=1S/C7H15N3O.HI/c1-2-6(11)5-10-7-8-3-4-9-7;/h6,11H,2-5H2,1H3,(H2,8,9,10);1H/t6-;/m0./s1. The van der Waals surface area contributed by atoms with Crippen LogP contribution in [0.4, 0.5) is 0 Å². The fraction of sp³-hybridized carbons (Fsp3) is 0.857. The summed E-state index contributed by atoms with van der Waals surface area (Å²) in [7, 11) is 0. The average Bonchev–Trinajstić information content (AvgIpc) is 2.52. The van der Waals surface area contributed by atoms with E-state index >= 15 is 0 Å². The Morgan fingerprint density at radius 1 is 1.75 bits per heavy atom. The van der Waals surface area contributed by atoms with Gasteiger partial charge in [-0.1, -0.05) is 6.92 Å². The van der Waals surface area contributed by atoms with Crippen molar-refractivity contribution in [3.63, 3.8) is 0 Å². The molecular weight excluding hydrogens is 269 g/mol. The number of guanidine groups is 1. The molecule has 0 radical (unpaired) electrons. The number of rotatable bonds is 3. The molecule has 72 valence electrons. The maximum absolute atomic E-state index is 9.17. The van der Waals surface area contributed by atoms with Gasteiger partial charge in [0.1, 0.15) is 0 Å². The van der Waals surface area contributed by atoms with Crippen LogP contribution in [0.15, 0.2) is 4.99 Å². The highest BCUT2D eigenvalue weighted by atomic mass is 127. The van der Waals surface area contributed by atoms with Crippen LogP contribution in [0.25, 0.3) is 0 Å². The molecule has 4 nitrogen and oxygen atoms in total. The van der Waals surface area contributed by atoms with E-state index in [1.165, 1.54) is 0 Å². The number of nitrogens with one attached hydrogen (secondary N) is 2. The Morgan fingerprint density at radius 3 is 3.00 bits per heavy atom. The summed E-state index contributed by atoms with van der Waals surface area (Å²) in [6, 6.07) is 0. The van der Waals surface area contributed by atoms with Crippen LogP contribution in [-0.2, 0) is 0 Å². The summed E-state index contributed by atoms with van der Waals surface area (Å²) < 4.78 is 0. The van der Waals surface area contributed by atoms with Crippen LogP contribution >= 0.6 is 24.0 Å². The van der Waals surface area contributed by atoms with Gasteiger partial charge in [0.15, 0.2) is 5.96 Å². The van der Waals surface area contributed by atoms with Gasteiger partial charge in [0.2, 0.25) is 0 Å². The first kappa shape index (κ1) is 12.0. The van der Waals surface area contributed by atoms with Gasteiger partial charge in [0, 0.05) is 13.1 Å². The summed E-state index contributed by atoms with van der Waals surface area (Å²) in [5.41, 5.74) is 0. The van der Waals surface area contributed by atoms with Gasteiger partial charge >= 0.3 is 0 Å². The predicted octanol–water partition coefficient (Wildman–Crippen LogP) is -0.0759. The van der Waals surface area contributed by atoms with E-state index in [4.69, 9.17) is 0 Å². The van der Waals surface area contributed by atoms with Gasteiger partial charge in [-0.05, 0) is 6.42 Å². The number of aliphatic hydroxyl groups is 1. The lowest BCUT2D eigenvalue weighted by Crippen LogP contribution is -2.38. The minimum Gasteiger partial charge on any atom is -0.391 e. The van der Waals surface area contributed by atoms with E-state index in [0.717, 1.165) is 25.5 Å². The second-order valence-corrected chi connectivity index (χ2v) is 2.60. The van der Waals surface area contributed by atoms with E-state index in [-0.39, 0.29) is 30.1 Å². The van der Waals surface area contributed by atoms with E-state index in [1.807, 2.05) is 6.92 Å². The zero-order valence-electron chi connectivity index (χ0n) is 7.21. The van der Waals surface area contributed by atoms with E-state index in [2.05, 4.69) is 15.6 Å². The van der Waals surface area contributed by atoms with Crippen LogP contribution in [0, 0.1) is 0 Å². The van der Waals surface area contributed by atoms with Gasteiger partial charge < -0.3 is 15.7 Å². The maximum atomic E-state index is 9.17. The first-order chi connectivity index (χ1) is 5.33. The maximum Gasteiger partial charge on any atom is 0.191 e. The molecule has 0 aromatic rings. The summed E-state index contributed by atoms with van der Waals surface area (Å²) in [5.74, 6) is 0.817. The minimum atomic E-state index is -0.264. The third kappa shape index (κ3) is 4.10. The lowest BCUT2D eigenvalue weighted by atomic mass is 10.3. The molecule has 5 heteroatoms. The van der Waals surface area contributed by atoms with Crippen molar-refractivity contribution in [2.75, 3.05) is 19.6 Å². The molecule has 0 bridgehead atoms. The van der Waals surface area contributed by atoms with Crippen molar-refractivity contribution in [3.8, 4) is 0 Å². The van der Waals surface area contributed by atoms with E-state index < -0.39 is 0 Å². The average molecular weight is 285 g/mol. The number of nitrogens with zero attached hydrogens (tertiary/aromatic N) is 1. The highest BCUT2D eigenvalue weighted by Crippen LogP contribution is 1.87. The predicted molar refractivity (Wildman–Crippen MR) is 60.0 cm³/mol. The molecule has 12 heavy (non-hydrogen) atoms. The Labute approximate surface area is 89.9 Å². The second-order valence-electron chi connectivity index (χ2n) is 2.60. The van der Waals surface area contributed by atoms with Gasteiger partial charge in [-0.3, -0.25) is 4.99 Å². The Kier molecular flexibility index (Phi) is 6.45. The summed E-state index contributed by atoms with van der Waals surface area (Å²) >= 11 is 0. The molecule has 0 unspecified atom stereocenters. The first-order valence-corrected chi connectivity index (χ1v) is 4.03. The van der Waals surface area contributed by atoms with Gasteiger partial charge in [-0.2, -0.15) is 0 Å². The summed E-state index contributed by atoms with van der Waals surface area (Å²) in [4.78, 5) is 4.13. The lowest BCUT2D eigenvalue weighted by molar-refractivity contribution is 0.173. The molecule has 0 aromatic heterocycles. The van der Waals surface area contributed by atoms with Crippen LogP contribution in [0.2, 0.25) is 0 Å². The Balaban J connectivity index is 0.00000121. The molecule has 0 amide bonds. The Bertz CT molecular complexity index is 152. The number of aliphatic hydroxyl groups excluding tert-OH is 1. The van der Waals surface area contributed by atoms with Crippen LogP contribution in [0.3, 0.4) is 0 Å². The van der Waals surface area contributed by atoms with Gasteiger partial charge in [0.05, 0.1) is 12.6 Å². The number of hydrogen-bond donors (Lipinski definition) is 3. The molecule has 0 spiro atoms. The quantitative estimate of drug-likeness (QED) is 0.636. The highest BCUT2D eigenvalue weighted by molar-refractivity contribution is 14.0. The molecule has 1 rings (SSSR count). The number of halogens is 1. The molecule has 0 aromatic carbocycles. The monoisotopic (exact) mass is 285 g/mol. The molecule has 0 aliphatic carbocycles. The topological polar surface area (TPSA) is 56.6 Å². The van der Waals surface area contributed by atoms with Crippen molar-refractivity contribution in [2.45, 2.75) is 19.4 Å². The van der Waals surface area contributed by atoms with Crippen LogP contribution in [0.5, 0.6) is 0 Å². The van der Waals surface area contributed by atoms with Crippen molar-refractivity contribution < 1.29 is 5.11 Å². The number of aliphatic imine (C=N–C) groups is 1. The van der Waals surface area contributed by atoms with Crippen molar-refractivity contribution in [1.82, 2.24) is 10.6 Å². The highest BCUT2D eigenvalue weighted by Gasteiger charge is 2.05. The molecule has 1 aliphatic heterocycles. The molecule has 3 N–H and O–H groups in total. The van der Waals surface area contributed by atoms with E-state index in [1.54, 1.807) is 0 Å². The summed E-state index contributed by atoms with van der Waals surface area (Å²) in [6.45, 7) is 4.29. The van der Waals surface area contributed by atoms with Crippen LogP contribution < -0.4 is 10.6 Å². The largest absolute Gasteiger partial charge is 0.391 e. The minimum absolute atomic E-state index is 0. The smallest absolute Gasteiger partial charge is 0.191 e. The first-order valence-electron chi connectivity index (χ1n) is 4.03. The van der Waals surface area contributed by atoms with Crippen LogP contribution in [-0.4, -0.2) is 36.8 Å². The zero-order chi connectivity index (χ0) is 8.10. The van der Waals surface area contributed by atoms with Gasteiger partial charge in [-0.15, -0.1) is 24.0 Å². The normalized spacial score (nSPS) is 17.3.